The largest absolute Gasteiger partial charge is 0.384 e. The van der Waals surface area contributed by atoms with Crippen molar-refractivity contribution in [1.29, 1.82) is 5.41 Å². The van der Waals surface area contributed by atoms with E-state index >= 15 is 0 Å². The highest BCUT2D eigenvalue weighted by atomic mass is 79.9. The molecule has 1 rings (SSSR count). The smallest absolute Gasteiger partial charge is 0.125 e. The summed E-state index contributed by atoms with van der Waals surface area (Å²) in [5.74, 6) is 0.104. The van der Waals surface area contributed by atoms with E-state index in [2.05, 4.69) is 15.9 Å². The van der Waals surface area contributed by atoms with Crippen LogP contribution in [0, 0.1) is 5.41 Å². The van der Waals surface area contributed by atoms with Gasteiger partial charge in [0.25, 0.3) is 0 Å². The first-order chi connectivity index (χ1) is 5.66. The summed E-state index contributed by atoms with van der Waals surface area (Å²) < 4.78 is 0.877. The zero-order valence-corrected chi connectivity index (χ0v) is 9.00. The van der Waals surface area contributed by atoms with E-state index in [4.69, 9.17) is 11.1 Å². The van der Waals surface area contributed by atoms with Crippen molar-refractivity contribution >= 4 is 33.5 Å². The van der Waals surface area contributed by atoms with Gasteiger partial charge in [-0.25, -0.2) is 0 Å². The van der Waals surface area contributed by atoms with Gasteiger partial charge in [-0.1, -0.05) is 6.07 Å². The molecule has 0 radical (unpaired) electrons. The van der Waals surface area contributed by atoms with E-state index in [-0.39, 0.29) is 5.84 Å². The van der Waals surface area contributed by atoms with Gasteiger partial charge in [0.05, 0.1) is 0 Å². The summed E-state index contributed by atoms with van der Waals surface area (Å²) in [5.41, 5.74) is 6.21. The quantitative estimate of drug-likeness (QED) is 0.477. The second-order valence-corrected chi connectivity index (χ2v) is 3.93. The van der Waals surface area contributed by atoms with Crippen LogP contribution < -0.4 is 5.73 Å². The number of nitrogen functional groups attached to an aromatic ring is 1. The number of thioether (sulfide) groups is 1. The predicted molar refractivity (Wildman–Crippen MR) is 56.9 cm³/mol. The van der Waals surface area contributed by atoms with Crippen molar-refractivity contribution in [3.63, 3.8) is 0 Å². The van der Waals surface area contributed by atoms with Gasteiger partial charge in [-0.15, -0.1) is 11.8 Å². The van der Waals surface area contributed by atoms with Crippen LogP contribution in [-0.4, -0.2) is 12.1 Å². The number of halogens is 1. The number of hydrogen-bond donors (Lipinski definition) is 2. The number of amidine groups is 1. The van der Waals surface area contributed by atoms with Crippen molar-refractivity contribution in [2.45, 2.75) is 4.90 Å². The Labute approximate surface area is 84.2 Å². The summed E-state index contributed by atoms with van der Waals surface area (Å²) in [5, 5.41) is 7.35. The number of rotatable bonds is 2. The summed E-state index contributed by atoms with van der Waals surface area (Å²) in [6, 6.07) is 5.77. The van der Waals surface area contributed by atoms with Crippen molar-refractivity contribution in [2.24, 2.45) is 5.73 Å². The van der Waals surface area contributed by atoms with Crippen LogP contribution in [0.2, 0.25) is 0 Å². The molecule has 3 N–H and O–H groups in total. The molecule has 2 nitrogen and oxygen atoms in total. The van der Waals surface area contributed by atoms with Crippen LogP contribution in [0.15, 0.2) is 27.6 Å². The predicted octanol–water partition coefficient (Wildman–Crippen LogP) is 2.46. The molecule has 1 aromatic carbocycles. The Morgan fingerprint density at radius 3 is 2.67 bits per heavy atom. The number of nitrogens with one attached hydrogen (secondary N) is 1. The lowest BCUT2D eigenvalue weighted by atomic mass is 10.2. The fourth-order valence-corrected chi connectivity index (χ4v) is 2.29. The van der Waals surface area contributed by atoms with Gasteiger partial charge in [0, 0.05) is 14.9 Å². The average molecular weight is 245 g/mol. The van der Waals surface area contributed by atoms with Gasteiger partial charge >= 0.3 is 0 Å². The Kier molecular flexibility index (Phi) is 3.17. The normalized spacial score (nSPS) is 9.83. The molecule has 0 aliphatic heterocycles. The molecule has 12 heavy (non-hydrogen) atoms. The van der Waals surface area contributed by atoms with Crippen LogP contribution in [0.1, 0.15) is 5.56 Å². The molecule has 0 aliphatic carbocycles. The maximum absolute atomic E-state index is 7.35. The van der Waals surface area contributed by atoms with Crippen molar-refractivity contribution in [2.75, 3.05) is 6.26 Å². The van der Waals surface area contributed by atoms with E-state index in [1.807, 2.05) is 24.5 Å². The molecule has 0 bridgehead atoms. The van der Waals surface area contributed by atoms with Crippen molar-refractivity contribution in [3.05, 3.63) is 28.2 Å². The van der Waals surface area contributed by atoms with Crippen LogP contribution in [0.5, 0.6) is 0 Å². The molecule has 0 aromatic heterocycles. The van der Waals surface area contributed by atoms with Crippen molar-refractivity contribution < 1.29 is 0 Å². The highest BCUT2D eigenvalue weighted by molar-refractivity contribution is 9.10. The second-order valence-electron chi connectivity index (χ2n) is 2.23. The molecule has 0 heterocycles. The first-order valence-electron chi connectivity index (χ1n) is 3.33. The molecule has 64 valence electrons. The first kappa shape index (κ1) is 9.61. The van der Waals surface area contributed by atoms with Gasteiger partial charge in [0.1, 0.15) is 5.84 Å². The van der Waals surface area contributed by atoms with E-state index in [0.29, 0.717) is 0 Å². The Morgan fingerprint density at radius 1 is 1.58 bits per heavy atom. The average Bonchev–Trinajstić information content (AvgIpc) is 2.03. The molecule has 0 amide bonds. The lowest BCUT2D eigenvalue weighted by molar-refractivity contribution is 1.33. The molecule has 0 saturated heterocycles. The van der Waals surface area contributed by atoms with E-state index in [1.54, 1.807) is 11.8 Å². The Morgan fingerprint density at radius 2 is 2.25 bits per heavy atom. The third-order valence-electron chi connectivity index (χ3n) is 1.46. The molecular formula is C8H9BrN2S. The number of hydrogen-bond acceptors (Lipinski definition) is 2. The second kappa shape index (κ2) is 3.96. The SMILES string of the molecule is CSc1cccc(Br)c1C(=N)N. The first-order valence-corrected chi connectivity index (χ1v) is 5.35. The van der Waals surface area contributed by atoms with E-state index in [0.717, 1.165) is 14.9 Å². The Bertz CT molecular complexity index is 312. The van der Waals surface area contributed by atoms with Crippen LogP contribution >= 0.6 is 27.7 Å². The molecule has 0 fully saturated rings. The maximum Gasteiger partial charge on any atom is 0.125 e. The summed E-state index contributed by atoms with van der Waals surface area (Å²) in [6.07, 6.45) is 1.97. The Hall–Kier alpha value is -0.480. The summed E-state index contributed by atoms with van der Waals surface area (Å²) in [6.45, 7) is 0. The molecular weight excluding hydrogens is 236 g/mol. The standard InChI is InChI=1S/C8H9BrN2S/c1-12-6-4-2-3-5(9)7(6)8(10)11/h2-4H,1H3,(H3,10,11). The zero-order chi connectivity index (χ0) is 9.14. The highest BCUT2D eigenvalue weighted by Crippen LogP contribution is 2.26. The maximum atomic E-state index is 7.35. The van der Waals surface area contributed by atoms with E-state index in [1.165, 1.54) is 0 Å². The highest BCUT2D eigenvalue weighted by Gasteiger charge is 2.07. The van der Waals surface area contributed by atoms with Crippen molar-refractivity contribution in [3.8, 4) is 0 Å². The van der Waals surface area contributed by atoms with Crippen LogP contribution in [-0.2, 0) is 0 Å². The molecule has 4 heteroatoms. The number of nitrogens with two attached hydrogens (primary N) is 1. The molecule has 0 atom stereocenters. The molecule has 0 aliphatic rings. The van der Waals surface area contributed by atoms with Gasteiger partial charge in [0.15, 0.2) is 0 Å². The third kappa shape index (κ3) is 1.81. The molecule has 0 unspecified atom stereocenters. The van der Waals surface area contributed by atoms with E-state index in [9.17, 15) is 0 Å². The molecule has 0 saturated carbocycles. The molecule has 0 spiro atoms. The fourth-order valence-electron chi connectivity index (χ4n) is 0.936. The van der Waals surface area contributed by atoms with Gasteiger partial charge in [0.2, 0.25) is 0 Å². The number of benzene rings is 1. The van der Waals surface area contributed by atoms with Crippen molar-refractivity contribution in [1.82, 2.24) is 0 Å². The van der Waals surface area contributed by atoms with Crippen LogP contribution in [0.25, 0.3) is 0 Å². The van der Waals surface area contributed by atoms with E-state index < -0.39 is 0 Å². The third-order valence-corrected chi connectivity index (χ3v) is 2.91. The molecule has 1 aromatic rings. The monoisotopic (exact) mass is 244 g/mol. The summed E-state index contributed by atoms with van der Waals surface area (Å²) in [4.78, 5) is 1.02. The lowest BCUT2D eigenvalue weighted by Gasteiger charge is -2.06. The van der Waals surface area contributed by atoms with Gasteiger partial charge in [-0.2, -0.15) is 0 Å². The minimum absolute atomic E-state index is 0.104. The summed E-state index contributed by atoms with van der Waals surface area (Å²) in [7, 11) is 0. The van der Waals surface area contributed by atoms with Crippen LogP contribution in [0.4, 0.5) is 0 Å². The Balaban J connectivity index is 3.29. The van der Waals surface area contributed by atoms with Gasteiger partial charge < -0.3 is 5.73 Å². The van der Waals surface area contributed by atoms with Gasteiger partial charge in [-0.3, -0.25) is 5.41 Å². The fraction of sp³-hybridized carbons (Fsp3) is 0.125. The summed E-state index contributed by atoms with van der Waals surface area (Å²) >= 11 is 4.94. The zero-order valence-electron chi connectivity index (χ0n) is 6.60. The van der Waals surface area contributed by atoms with Crippen LogP contribution in [0.3, 0.4) is 0 Å². The van der Waals surface area contributed by atoms with Gasteiger partial charge in [-0.05, 0) is 34.3 Å². The minimum Gasteiger partial charge on any atom is -0.384 e. The topological polar surface area (TPSA) is 49.9 Å². The lowest BCUT2D eigenvalue weighted by Crippen LogP contribution is -2.12. The minimum atomic E-state index is 0.104.